The average Bonchev–Trinajstić information content (AvgIpc) is 2.86. The molecule has 2 aromatic carbocycles. The first-order valence-corrected chi connectivity index (χ1v) is 8.05. The number of nitrogens with one attached hydrogen (secondary N) is 1. The molecule has 0 unspecified atom stereocenters. The van der Waals surface area contributed by atoms with Gasteiger partial charge in [-0.15, -0.1) is 11.8 Å². The molecule has 1 atom stereocenters. The van der Waals surface area contributed by atoms with Crippen molar-refractivity contribution in [3.05, 3.63) is 58.7 Å². The maximum absolute atomic E-state index is 12.4. The Bertz CT molecular complexity index is 708. The van der Waals surface area contributed by atoms with E-state index in [1.807, 2.05) is 18.2 Å². The fourth-order valence-corrected chi connectivity index (χ4v) is 3.81. The zero-order valence-electron chi connectivity index (χ0n) is 12.6. The van der Waals surface area contributed by atoms with Crippen LogP contribution < -0.4 is 5.32 Å². The molecule has 0 fully saturated rings. The van der Waals surface area contributed by atoms with E-state index in [9.17, 15) is 4.79 Å². The summed E-state index contributed by atoms with van der Waals surface area (Å²) in [6.45, 7) is 6.23. The van der Waals surface area contributed by atoms with E-state index < -0.39 is 0 Å². The van der Waals surface area contributed by atoms with Gasteiger partial charge >= 0.3 is 0 Å². The highest BCUT2D eigenvalue weighted by Crippen LogP contribution is 2.38. The van der Waals surface area contributed by atoms with Crippen molar-refractivity contribution in [1.82, 2.24) is 0 Å². The molecule has 3 heteroatoms. The Kier molecular flexibility index (Phi) is 3.77. The number of benzene rings is 2. The van der Waals surface area contributed by atoms with E-state index in [0.29, 0.717) is 0 Å². The second-order valence-electron chi connectivity index (χ2n) is 5.71. The molecule has 1 amide bonds. The molecular weight excluding hydrogens is 278 g/mol. The highest BCUT2D eigenvalue weighted by Gasteiger charge is 2.28. The van der Waals surface area contributed by atoms with E-state index in [1.54, 1.807) is 11.8 Å². The number of rotatable bonds is 2. The Hall–Kier alpha value is -1.74. The van der Waals surface area contributed by atoms with Crippen LogP contribution in [-0.2, 0) is 11.2 Å². The van der Waals surface area contributed by atoms with E-state index in [4.69, 9.17) is 0 Å². The smallest absolute Gasteiger partial charge is 0.238 e. The summed E-state index contributed by atoms with van der Waals surface area (Å²) >= 11 is 1.67. The molecule has 2 aromatic rings. The number of fused-ring (bicyclic) bond motifs is 1. The van der Waals surface area contributed by atoms with Gasteiger partial charge in [-0.3, -0.25) is 4.79 Å². The zero-order chi connectivity index (χ0) is 15.0. The molecule has 1 N–H and O–H groups in total. The SMILES string of the molecule is Cc1ccc2c(c1)S[C@@H](C(=O)Nc1ccc(C)c(C)c1)C2. The Morgan fingerprint density at radius 1 is 1.10 bits per heavy atom. The lowest BCUT2D eigenvalue weighted by Crippen LogP contribution is -2.24. The summed E-state index contributed by atoms with van der Waals surface area (Å²) in [5.41, 5.74) is 5.86. The first kappa shape index (κ1) is 14.2. The van der Waals surface area contributed by atoms with Crippen molar-refractivity contribution in [3.63, 3.8) is 0 Å². The maximum Gasteiger partial charge on any atom is 0.238 e. The maximum atomic E-state index is 12.4. The molecule has 0 aromatic heterocycles. The molecule has 0 aliphatic carbocycles. The normalized spacial score (nSPS) is 16.6. The number of carbonyl (C=O) groups excluding carboxylic acids is 1. The second kappa shape index (κ2) is 5.57. The molecule has 1 heterocycles. The lowest BCUT2D eigenvalue weighted by molar-refractivity contribution is -0.115. The third-order valence-electron chi connectivity index (χ3n) is 3.96. The first-order valence-electron chi connectivity index (χ1n) is 7.17. The van der Waals surface area contributed by atoms with Crippen LogP contribution in [0.5, 0.6) is 0 Å². The van der Waals surface area contributed by atoms with E-state index in [1.165, 1.54) is 27.1 Å². The molecule has 3 rings (SSSR count). The Labute approximate surface area is 130 Å². The van der Waals surface area contributed by atoms with Crippen LogP contribution in [-0.4, -0.2) is 11.2 Å². The molecule has 0 saturated carbocycles. The molecule has 108 valence electrons. The molecule has 0 bridgehead atoms. The molecule has 0 saturated heterocycles. The van der Waals surface area contributed by atoms with Gasteiger partial charge < -0.3 is 5.32 Å². The van der Waals surface area contributed by atoms with Crippen LogP contribution in [0.1, 0.15) is 22.3 Å². The van der Waals surface area contributed by atoms with Crippen LogP contribution in [0, 0.1) is 20.8 Å². The van der Waals surface area contributed by atoms with Crippen LogP contribution in [0.2, 0.25) is 0 Å². The van der Waals surface area contributed by atoms with Crippen molar-refractivity contribution in [1.29, 1.82) is 0 Å². The number of hydrogen-bond acceptors (Lipinski definition) is 2. The van der Waals surface area contributed by atoms with E-state index in [-0.39, 0.29) is 11.2 Å². The fraction of sp³-hybridized carbons (Fsp3) is 0.278. The standard InChI is InChI=1S/C18H19NOS/c1-11-4-6-14-10-17(21-16(14)8-11)18(20)19-15-7-5-12(2)13(3)9-15/h4-9,17H,10H2,1-3H3,(H,19,20)/t17-/m1/s1. The number of hydrogen-bond donors (Lipinski definition) is 1. The average molecular weight is 297 g/mol. The van der Waals surface area contributed by atoms with Crippen molar-refractivity contribution in [2.75, 3.05) is 5.32 Å². The summed E-state index contributed by atoms with van der Waals surface area (Å²) in [6.07, 6.45) is 0.816. The monoisotopic (exact) mass is 297 g/mol. The quantitative estimate of drug-likeness (QED) is 0.897. The van der Waals surface area contributed by atoms with Gasteiger partial charge in [-0.2, -0.15) is 0 Å². The largest absolute Gasteiger partial charge is 0.325 e. The van der Waals surface area contributed by atoms with Gasteiger partial charge in [0.25, 0.3) is 0 Å². The van der Waals surface area contributed by atoms with Gasteiger partial charge in [0.2, 0.25) is 5.91 Å². The summed E-state index contributed by atoms with van der Waals surface area (Å²) < 4.78 is 0. The molecule has 1 aliphatic heterocycles. The van der Waals surface area contributed by atoms with Crippen molar-refractivity contribution < 1.29 is 4.79 Å². The minimum atomic E-state index is -0.0246. The third kappa shape index (κ3) is 2.98. The molecular formula is C18H19NOS. The lowest BCUT2D eigenvalue weighted by Gasteiger charge is -2.11. The van der Waals surface area contributed by atoms with E-state index in [2.05, 4.69) is 44.3 Å². The number of amides is 1. The highest BCUT2D eigenvalue weighted by atomic mass is 32.2. The van der Waals surface area contributed by atoms with Crippen molar-refractivity contribution in [2.24, 2.45) is 0 Å². The van der Waals surface area contributed by atoms with Crippen molar-refractivity contribution in [3.8, 4) is 0 Å². The lowest BCUT2D eigenvalue weighted by atomic mass is 10.1. The summed E-state index contributed by atoms with van der Waals surface area (Å²) in [5, 5.41) is 3.02. The number of aryl methyl sites for hydroxylation is 3. The topological polar surface area (TPSA) is 29.1 Å². The Morgan fingerprint density at radius 3 is 2.67 bits per heavy atom. The van der Waals surface area contributed by atoms with Gasteiger partial charge in [0.1, 0.15) is 0 Å². The van der Waals surface area contributed by atoms with Gasteiger partial charge in [-0.1, -0.05) is 23.8 Å². The van der Waals surface area contributed by atoms with Crippen LogP contribution in [0.3, 0.4) is 0 Å². The molecule has 21 heavy (non-hydrogen) atoms. The van der Waals surface area contributed by atoms with Crippen LogP contribution in [0.4, 0.5) is 5.69 Å². The summed E-state index contributed by atoms with van der Waals surface area (Å²) in [4.78, 5) is 13.7. The van der Waals surface area contributed by atoms with Crippen molar-refractivity contribution >= 4 is 23.4 Å². The summed E-state index contributed by atoms with van der Waals surface area (Å²) in [6, 6.07) is 12.5. The number of anilines is 1. The predicted molar refractivity (Wildman–Crippen MR) is 89.1 cm³/mol. The summed E-state index contributed by atoms with van der Waals surface area (Å²) in [5.74, 6) is 0.0945. The van der Waals surface area contributed by atoms with E-state index >= 15 is 0 Å². The molecule has 2 nitrogen and oxygen atoms in total. The summed E-state index contributed by atoms with van der Waals surface area (Å²) in [7, 11) is 0. The van der Waals surface area contributed by atoms with Gasteiger partial charge in [-0.25, -0.2) is 0 Å². The minimum Gasteiger partial charge on any atom is -0.325 e. The Balaban J connectivity index is 1.71. The van der Waals surface area contributed by atoms with Gasteiger partial charge in [0.15, 0.2) is 0 Å². The zero-order valence-corrected chi connectivity index (χ0v) is 13.4. The minimum absolute atomic E-state index is 0.0246. The van der Waals surface area contributed by atoms with Crippen molar-refractivity contribution in [2.45, 2.75) is 37.3 Å². The molecule has 1 aliphatic rings. The highest BCUT2D eigenvalue weighted by molar-refractivity contribution is 8.01. The van der Waals surface area contributed by atoms with Gasteiger partial charge in [-0.05, 0) is 62.1 Å². The van der Waals surface area contributed by atoms with Crippen LogP contribution in [0.25, 0.3) is 0 Å². The van der Waals surface area contributed by atoms with Gasteiger partial charge in [0, 0.05) is 10.6 Å². The first-order chi connectivity index (χ1) is 10.0. The Morgan fingerprint density at radius 2 is 1.90 bits per heavy atom. The molecule has 0 spiro atoms. The third-order valence-corrected chi connectivity index (χ3v) is 5.26. The second-order valence-corrected chi connectivity index (χ2v) is 6.95. The molecule has 0 radical (unpaired) electrons. The van der Waals surface area contributed by atoms with Crippen LogP contribution >= 0.6 is 11.8 Å². The van der Waals surface area contributed by atoms with Gasteiger partial charge in [0.05, 0.1) is 5.25 Å². The van der Waals surface area contributed by atoms with E-state index in [0.717, 1.165) is 12.1 Å². The predicted octanol–water partition coefficient (Wildman–Crippen LogP) is 4.27. The number of thioether (sulfide) groups is 1. The number of carbonyl (C=O) groups is 1. The van der Waals surface area contributed by atoms with Crippen LogP contribution in [0.15, 0.2) is 41.3 Å². The fourth-order valence-electron chi connectivity index (χ4n) is 2.52.